The van der Waals surface area contributed by atoms with Crippen LogP contribution in [0.25, 0.3) is 0 Å². The predicted molar refractivity (Wildman–Crippen MR) is 69.3 cm³/mol. The number of nitrogens with zero attached hydrogens (tertiary/aromatic N) is 4. The molecular formula is C10H19N5O2S. The van der Waals surface area contributed by atoms with Crippen molar-refractivity contribution < 1.29 is 8.42 Å². The maximum atomic E-state index is 11.7. The van der Waals surface area contributed by atoms with Gasteiger partial charge in [-0.25, -0.2) is 5.14 Å². The lowest BCUT2D eigenvalue weighted by atomic mass is 10.2. The zero-order valence-electron chi connectivity index (χ0n) is 10.7. The summed E-state index contributed by atoms with van der Waals surface area (Å²) >= 11 is 0. The molecule has 8 heteroatoms. The number of nitrogens with two attached hydrogens (primary N) is 1. The summed E-state index contributed by atoms with van der Waals surface area (Å²) < 4.78 is 26.2. The van der Waals surface area contributed by atoms with E-state index in [1.807, 2.05) is 7.05 Å². The van der Waals surface area contributed by atoms with Gasteiger partial charge in [-0.1, -0.05) is 0 Å². The summed E-state index contributed by atoms with van der Waals surface area (Å²) in [5, 5.41) is 9.27. The summed E-state index contributed by atoms with van der Waals surface area (Å²) in [6.45, 7) is 1.37. The van der Waals surface area contributed by atoms with E-state index in [4.69, 9.17) is 5.14 Å². The van der Waals surface area contributed by atoms with Crippen LogP contribution in [0.1, 0.15) is 12.8 Å². The smallest absolute Gasteiger partial charge is 0.299 e. The van der Waals surface area contributed by atoms with Crippen LogP contribution in [-0.2, 0) is 17.3 Å². The monoisotopic (exact) mass is 273 g/mol. The largest absolute Gasteiger partial charge is 0.302 e. The molecule has 1 fully saturated rings. The second-order valence-electron chi connectivity index (χ2n) is 4.72. The second kappa shape index (κ2) is 4.87. The van der Waals surface area contributed by atoms with E-state index in [1.165, 1.54) is 10.5 Å². The van der Waals surface area contributed by atoms with E-state index in [0.29, 0.717) is 12.2 Å². The SMILES string of the molecule is CN1CCC[C@H]1CN(c1cnn(C)c1)S(N)(=O)=O. The van der Waals surface area contributed by atoms with E-state index >= 15 is 0 Å². The van der Waals surface area contributed by atoms with Crippen molar-refractivity contribution in [3.63, 3.8) is 0 Å². The predicted octanol–water partition coefficient (Wildman–Crippen LogP) is -0.476. The molecule has 2 N–H and O–H groups in total. The number of aromatic nitrogens is 2. The van der Waals surface area contributed by atoms with E-state index in [9.17, 15) is 8.42 Å². The van der Waals surface area contributed by atoms with E-state index in [2.05, 4.69) is 10.00 Å². The van der Waals surface area contributed by atoms with Gasteiger partial charge in [-0.3, -0.25) is 8.99 Å². The van der Waals surface area contributed by atoms with Crippen molar-refractivity contribution >= 4 is 15.9 Å². The number of likely N-dealkylation sites (N-methyl/N-ethyl adjacent to an activating group) is 1. The van der Waals surface area contributed by atoms with Crippen LogP contribution in [0.3, 0.4) is 0 Å². The molecule has 1 saturated heterocycles. The summed E-state index contributed by atoms with van der Waals surface area (Å²) in [5.41, 5.74) is 0.514. The van der Waals surface area contributed by atoms with Gasteiger partial charge in [-0.2, -0.15) is 13.5 Å². The van der Waals surface area contributed by atoms with Crippen LogP contribution in [0.4, 0.5) is 5.69 Å². The zero-order valence-corrected chi connectivity index (χ0v) is 11.5. The first-order valence-electron chi connectivity index (χ1n) is 5.87. The molecule has 1 atom stereocenters. The Labute approximate surface area is 107 Å². The summed E-state index contributed by atoms with van der Waals surface area (Å²) in [6.07, 6.45) is 5.24. The highest BCUT2D eigenvalue weighted by molar-refractivity contribution is 7.90. The molecule has 0 aromatic carbocycles. The van der Waals surface area contributed by atoms with Crippen molar-refractivity contribution in [2.24, 2.45) is 12.2 Å². The highest BCUT2D eigenvalue weighted by atomic mass is 32.2. The van der Waals surface area contributed by atoms with E-state index in [1.54, 1.807) is 17.9 Å². The van der Waals surface area contributed by atoms with Gasteiger partial charge in [-0.15, -0.1) is 0 Å². The van der Waals surface area contributed by atoms with Crippen LogP contribution >= 0.6 is 0 Å². The first-order valence-corrected chi connectivity index (χ1v) is 7.37. The van der Waals surface area contributed by atoms with Crippen LogP contribution in [-0.4, -0.2) is 49.3 Å². The molecule has 0 spiro atoms. The summed E-state index contributed by atoms with van der Waals surface area (Å²) in [5.74, 6) is 0. The maximum Gasteiger partial charge on any atom is 0.299 e. The fraction of sp³-hybridized carbons (Fsp3) is 0.700. The van der Waals surface area contributed by atoms with Crippen molar-refractivity contribution in [3.8, 4) is 0 Å². The fourth-order valence-electron chi connectivity index (χ4n) is 2.29. The van der Waals surface area contributed by atoms with Crippen LogP contribution in [0, 0.1) is 0 Å². The van der Waals surface area contributed by atoms with Crippen LogP contribution in [0.15, 0.2) is 12.4 Å². The van der Waals surface area contributed by atoms with Crippen molar-refractivity contribution in [3.05, 3.63) is 12.4 Å². The summed E-state index contributed by atoms with van der Waals surface area (Å²) in [7, 11) is -0.0174. The van der Waals surface area contributed by atoms with Gasteiger partial charge < -0.3 is 4.90 Å². The number of rotatable bonds is 4. The van der Waals surface area contributed by atoms with Gasteiger partial charge in [0.2, 0.25) is 0 Å². The molecule has 0 radical (unpaired) electrons. The Morgan fingerprint density at radius 3 is 2.72 bits per heavy atom. The van der Waals surface area contributed by atoms with Crippen molar-refractivity contribution in [2.75, 3.05) is 24.4 Å². The third-order valence-electron chi connectivity index (χ3n) is 3.33. The topological polar surface area (TPSA) is 84.5 Å². The molecule has 1 aromatic heterocycles. The average Bonchev–Trinajstić information content (AvgIpc) is 2.82. The van der Waals surface area contributed by atoms with Gasteiger partial charge in [-0.05, 0) is 26.4 Å². The molecule has 102 valence electrons. The van der Waals surface area contributed by atoms with Crippen LogP contribution in [0.5, 0.6) is 0 Å². The minimum atomic E-state index is -3.76. The molecule has 1 aliphatic heterocycles. The minimum absolute atomic E-state index is 0.212. The lowest BCUT2D eigenvalue weighted by Gasteiger charge is -2.27. The van der Waals surface area contributed by atoms with Gasteiger partial charge in [0.25, 0.3) is 10.2 Å². The van der Waals surface area contributed by atoms with E-state index in [-0.39, 0.29) is 6.04 Å². The van der Waals surface area contributed by atoms with E-state index < -0.39 is 10.2 Å². The number of likely N-dealkylation sites (tertiary alicyclic amines) is 1. The molecule has 2 heterocycles. The number of aryl methyl sites for hydroxylation is 1. The molecule has 1 aliphatic rings. The molecule has 0 saturated carbocycles. The zero-order chi connectivity index (χ0) is 13.3. The summed E-state index contributed by atoms with van der Waals surface area (Å²) in [6, 6.07) is 0.212. The van der Waals surface area contributed by atoms with Crippen LogP contribution in [0.2, 0.25) is 0 Å². The maximum absolute atomic E-state index is 11.7. The highest BCUT2D eigenvalue weighted by Gasteiger charge is 2.28. The standard InChI is InChI=1S/C10H19N5O2S/c1-13-5-3-4-9(13)8-15(18(11,16)17)10-6-12-14(2)7-10/h6-7,9H,3-5,8H2,1-2H3,(H2,11,16,17)/t9-/m0/s1. The van der Waals surface area contributed by atoms with Crippen molar-refractivity contribution in [1.82, 2.24) is 14.7 Å². The third kappa shape index (κ3) is 2.82. The summed E-state index contributed by atoms with van der Waals surface area (Å²) in [4.78, 5) is 2.16. The van der Waals surface area contributed by atoms with Crippen LogP contribution < -0.4 is 9.44 Å². The molecule has 1 aromatic rings. The van der Waals surface area contributed by atoms with E-state index in [0.717, 1.165) is 19.4 Å². The Kier molecular flexibility index (Phi) is 3.60. The quantitative estimate of drug-likeness (QED) is 0.803. The Hall–Kier alpha value is -1.12. The number of hydrogen-bond acceptors (Lipinski definition) is 4. The van der Waals surface area contributed by atoms with Crippen molar-refractivity contribution in [1.29, 1.82) is 0 Å². The average molecular weight is 273 g/mol. The molecule has 7 nitrogen and oxygen atoms in total. The highest BCUT2D eigenvalue weighted by Crippen LogP contribution is 2.21. The molecule has 0 unspecified atom stereocenters. The molecule has 0 aliphatic carbocycles. The normalized spacial score (nSPS) is 21.4. The first-order chi connectivity index (χ1) is 8.38. The van der Waals surface area contributed by atoms with Gasteiger partial charge in [0, 0.05) is 19.3 Å². The van der Waals surface area contributed by atoms with Gasteiger partial charge in [0.15, 0.2) is 0 Å². The van der Waals surface area contributed by atoms with Gasteiger partial charge >= 0.3 is 0 Å². The molecular weight excluding hydrogens is 254 g/mol. The Morgan fingerprint density at radius 2 is 2.28 bits per heavy atom. The lowest BCUT2D eigenvalue weighted by molar-refractivity contribution is 0.317. The lowest BCUT2D eigenvalue weighted by Crippen LogP contribution is -2.44. The van der Waals surface area contributed by atoms with Gasteiger partial charge in [0.1, 0.15) is 0 Å². The molecule has 2 rings (SSSR count). The molecule has 0 amide bonds. The third-order valence-corrected chi connectivity index (χ3v) is 4.31. The van der Waals surface area contributed by atoms with Gasteiger partial charge in [0.05, 0.1) is 18.4 Å². The minimum Gasteiger partial charge on any atom is -0.302 e. The molecule has 0 bridgehead atoms. The Morgan fingerprint density at radius 1 is 1.56 bits per heavy atom. The number of anilines is 1. The second-order valence-corrected chi connectivity index (χ2v) is 6.20. The first kappa shape index (κ1) is 13.3. The van der Waals surface area contributed by atoms with Crippen molar-refractivity contribution in [2.45, 2.75) is 18.9 Å². The number of hydrogen-bond donors (Lipinski definition) is 1. The fourth-order valence-corrected chi connectivity index (χ4v) is 3.06. The Bertz CT molecular complexity index is 512. The Balaban J connectivity index is 2.21. The molecule has 18 heavy (non-hydrogen) atoms.